The van der Waals surface area contributed by atoms with Crippen molar-refractivity contribution in [1.29, 1.82) is 0 Å². The topological polar surface area (TPSA) is 32.3 Å². The van der Waals surface area contributed by atoms with E-state index in [2.05, 4.69) is 5.32 Å². The number of carbonyl (C=O) groups is 1. The van der Waals surface area contributed by atoms with Crippen molar-refractivity contribution < 1.29 is 18.0 Å². The first-order valence-corrected chi connectivity index (χ1v) is 8.79. The standard InChI is InChI=1S/C19H23F3N2O/c1-2-17(19(20,21)22)13-3-5-14(6-4-13)18(25)24(15-7-8-15)16-9-11-23-12-10-16/h2-6,15-16,23H,7-12H2,1H3/b17-2-. The molecular formula is C19H23F3N2O. The van der Waals surface area contributed by atoms with Crippen LogP contribution in [0, 0.1) is 0 Å². The minimum atomic E-state index is -4.39. The zero-order chi connectivity index (χ0) is 18.0. The third kappa shape index (κ3) is 4.06. The molecule has 3 rings (SSSR count). The van der Waals surface area contributed by atoms with Gasteiger partial charge < -0.3 is 10.2 Å². The number of alkyl halides is 3. The highest BCUT2D eigenvalue weighted by atomic mass is 19.4. The molecule has 1 N–H and O–H groups in total. The van der Waals surface area contributed by atoms with Gasteiger partial charge in [-0.3, -0.25) is 4.79 Å². The highest BCUT2D eigenvalue weighted by molar-refractivity contribution is 5.95. The monoisotopic (exact) mass is 352 g/mol. The van der Waals surface area contributed by atoms with Crippen molar-refractivity contribution in [3.8, 4) is 0 Å². The van der Waals surface area contributed by atoms with E-state index in [1.165, 1.54) is 31.2 Å². The minimum Gasteiger partial charge on any atom is -0.333 e. The van der Waals surface area contributed by atoms with Crippen molar-refractivity contribution in [2.75, 3.05) is 13.1 Å². The Balaban J connectivity index is 1.79. The van der Waals surface area contributed by atoms with E-state index in [0.717, 1.165) is 44.8 Å². The Morgan fingerprint density at radius 3 is 2.04 bits per heavy atom. The molecule has 2 aliphatic rings. The lowest BCUT2D eigenvalue weighted by Crippen LogP contribution is -2.47. The van der Waals surface area contributed by atoms with Gasteiger partial charge in [-0.05, 0) is 63.4 Å². The van der Waals surface area contributed by atoms with E-state index in [4.69, 9.17) is 0 Å². The number of carbonyl (C=O) groups excluding carboxylic acids is 1. The summed E-state index contributed by atoms with van der Waals surface area (Å²) in [5.74, 6) is -0.0602. The molecule has 1 aromatic carbocycles. The predicted molar refractivity (Wildman–Crippen MR) is 91.2 cm³/mol. The van der Waals surface area contributed by atoms with Crippen LogP contribution >= 0.6 is 0 Å². The first-order chi connectivity index (χ1) is 11.9. The molecule has 6 heteroatoms. The number of nitrogens with one attached hydrogen (secondary N) is 1. The van der Waals surface area contributed by atoms with Crippen molar-refractivity contribution in [1.82, 2.24) is 10.2 Å². The normalized spacial score (nSPS) is 19.8. The molecule has 0 bridgehead atoms. The summed E-state index contributed by atoms with van der Waals surface area (Å²) in [7, 11) is 0. The average Bonchev–Trinajstić information content (AvgIpc) is 3.41. The van der Waals surface area contributed by atoms with E-state index >= 15 is 0 Å². The van der Waals surface area contributed by atoms with Gasteiger partial charge in [-0.1, -0.05) is 18.2 Å². The summed E-state index contributed by atoms with van der Waals surface area (Å²) in [6.45, 7) is 3.17. The molecule has 1 heterocycles. The second-order valence-electron chi connectivity index (χ2n) is 6.70. The summed E-state index contributed by atoms with van der Waals surface area (Å²) >= 11 is 0. The summed E-state index contributed by atoms with van der Waals surface area (Å²) in [6, 6.07) is 6.33. The molecule has 1 aliphatic heterocycles. The minimum absolute atomic E-state index is 0.0602. The van der Waals surface area contributed by atoms with E-state index in [-0.39, 0.29) is 23.6 Å². The maximum Gasteiger partial charge on any atom is 0.416 e. The highest BCUT2D eigenvalue weighted by Crippen LogP contribution is 2.35. The number of piperidine rings is 1. The van der Waals surface area contributed by atoms with Crippen molar-refractivity contribution >= 4 is 11.5 Å². The van der Waals surface area contributed by atoms with Crippen molar-refractivity contribution in [2.45, 2.75) is 50.9 Å². The molecule has 1 amide bonds. The van der Waals surface area contributed by atoms with Crippen LogP contribution in [-0.4, -0.2) is 42.2 Å². The lowest BCUT2D eigenvalue weighted by atomic mass is 10.0. The molecule has 1 saturated heterocycles. The number of rotatable bonds is 4. The van der Waals surface area contributed by atoms with Crippen LogP contribution in [0.5, 0.6) is 0 Å². The smallest absolute Gasteiger partial charge is 0.333 e. The molecular weight excluding hydrogens is 329 g/mol. The van der Waals surface area contributed by atoms with Gasteiger partial charge in [0.2, 0.25) is 0 Å². The lowest BCUT2D eigenvalue weighted by molar-refractivity contribution is -0.0689. The number of hydrogen-bond acceptors (Lipinski definition) is 2. The predicted octanol–water partition coefficient (Wildman–Crippen LogP) is 4.01. The fourth-order valence-corrected chi connectivity index (χ4v) is 3.50. The Labute approximate surface area is 145 Å². The summed E-state index contributed by atoms with van der Waals surface area (Å²) in [6.07, 6.45) is 0.557. The second-order valence-corrected chi connectivity index (χ2v) is 6.70. The Hall–Kier alpha value is -1.82. The third-order valence-electron chi connectivity index (χ3n) is 4.91. The number of halogens is 3. The molecule has 0 aromatic heterocycles. The summed E-state index contributed by atoms with van der Waals surface area (Å²) in [4.78, 5) is 14.9. The van der Waals surface area contributed by atoms with Gasteiger partial charge in [-0.25, -0.2) is 0 Å². The average molecular weight is 352 g/mol. The van der Waals surface area contributed by atoms with Crippen LogP contribution in [0.25, 0.3) is 5.57 Å². The Kier molecular flexibility index (Phi) is 5.18. The molecule has 136 valence electrons. The van der Waals surface area contributed by atoms with Crippen LogP contribution in [-0.2, 0) is 0 Å². The fourth-order valence-electron chi connectivity index (χ4n) is 3.50. The van der Waals surface area contributed by atoms with Gasteiger partial charge in [-0.2, -0.15) is 13.2 Å². The Morgan fingerprint density at radius 2 is 1.56 bits per heavy atom. The van der Waals surface area contributed by atoms with Crippen LogP contribution in [0.4, 0.5) is 13.2 Å². The van der Waals surface area contributed by atoms with Crippen LogP contribution in [0.15, 0.2) is 30.3 Å². The van der Waals surface area contributed by atoms with E-state index in [0.29, 0.717) is 5.56 Å². The molecule has 25 heavy (non-hydrogen) atoms. The molecule has 2 fully saturated rings. The van der Waals surface area contributed by atoms with E-state index in [1.54, 1.807) is 0 Å². The van der Waals surface area contributed by atoms with Crippen molar-refractivity contribution in [3.63, 3.8) is 0 Å². The molecule has 3 nitrogen and oxygen atoms in total. The molecule has 0 spiro atoms. The SMILES string of the molecule is C/C=C(/c1ccc(C(=O)N(C2CCNCC2)C2CC2)cc1)C(F)(F)F. The molecule has 1 aliphatic carbocycles. The Bertz CT molecular complexity index is 642. The number of nitrogens with zero attached hydrogens (tertiary/aromatic N) is 1. The van der Waals surface area contributed by atoms with E-state index in [1.807, 2.05) is 4.90 Å². The van der Waals surface area contributed by atoms with Gasteiger partial charge in [0, 0.05) is 17.6 Å². The second kappa shape index (κ2) is 7.20. The maximum atomic E-state index is 13.0. The van der Waals surface area contributed by atoms with Crippen LogP contribution < -0.4 is 5.32 Å². The van der Waals surface area contributed by atoms with Gasteiger partial charge in [0.1, 0.15) is 0 Å². The highest BCUT2D eigenvalue weighted by Gasteiger charge is 2.38. The summed E-state index contributed by atoms with van der Waals surface area (Å²) in [5, 5.41) is 3.30. The zero-order valence-corrected chi connectivity index (χ0v) is 14.3. The molecule has 0 unspecified atom stereocenters. The van der Waals surface area contributed by atoms with Gasteiger partial charge in [0.15, 0.2) is 0 Å². The first kappa shape index (κ1) is 18.0. The van der Waals surface area contributed by atoms with Crippen LogP contribution in [0.1, 0.15) is 48.5 Å². The molecule has 0 radical (unpaired) electrons. The molecule has 0 atom stereocenters. The van der Waals surface area contributed by atoms with Crippen molar-refractivity contribution in [3.05, 3.63) is 41.5 Å². The summed E-state index contributed by atoms with van der Waals surface area (Å²) < 4.78 is 39.0. The lowest BCUT2D eigenvalue weighted by Gasteiger charge is -2.35. The zero-order valence-electron chi connectivity index (χ0n) is 14.3. The number of benzene rings is 1. The first-order valence-electron chi connectivity index (χ1n) is 8.79. The quantitative estimate of drug-likeness (QED) is 0.888. The van der Waals surface area contributed by atoms with Crippen LogP contribution in [0.2, 0.25) is 0 Å². The number of amides is 1. The van der Waals surface area contributed by atoms with E-state index < -0.39 is 11.7 Å². The number of allylic oxidation sites excluding steroid dienone is 2. The molecule has 1 aromatic rings. The number of hydrogen-bond donors (Lipinski definition) is 1. The largest absolute Gasteiger partial charge is 0.416 e. The van der Waals surface area contributed by atoms with Gasteiger partial charge >= 0.3 is 6.18 Å². The van der Waals surface area contributed by atoms with Gasteiger partial charge in [0.25, 0.3) is 5.91 Å². The Morgan fingerprint density at radius 1 is 1.04 bits per heavy atom. The maximum absolute atomic E-state index is 13.0. The van der Waals surface area contributed by atoms with Gasteiger partial charge in [-0.15, -0.1) is 0 Å². The summed E-state index contributed by atoms with van der Waals surface area (Å²) in [5.41, 5.74) is -0.123. The fraction of sp³-hybridized carbons (Fsp3) is 0.526. The van der Waals surface area contributed by atoms with Crippen molar-refractivity contribution in [2.24, 2.45) is 0 Å². The van der Waals surface area contributed by atoms with Crippen LogP contribution in [0.3, 0.4) is 0 Å². The molecule has 1 saturated carbocycles. The van der Waals surface area contributed by atoms with E-state index in [9.17, 15) is 18.0 Å². The van der Waals surface area contributed by atoms with Gasteiger partial charge in [0.05, 0.1) is 5.57 Å². The third-order valence-corrected chi connectivity index (χ3v) is 4.91.